The molecule has 2 aromatic heterocycles. The number of rotatable bonds is 6. The number of aromatic nitrogens is 3. The highest BCUT2D eigenvalue weighted by Crippen LogP contribution is 2.31. The van der Waals surface area contributed by atoms with Gasteiger partial charge in [-0.1, -0.05) is 0 Å². The number of halogens is 7. The molecule has 4 rings (SSSR count). The number of amides is 1. The Bertz CT molecular complexity index is 1490. The zero-order chi connectivity index (χ0) is 26.7. The van der Waals surface area contributed by atoms with Crippen LogP contribution in [0.3, 0.4) is 0 Å². The molecular formula is C23H15ClF6N6O2. The third-order valence-electron chi connectivity index (χ3n) is 4.64. The number of hydrogen-bond acceptors (Lipinski definition) is 7. The molecule has 0 saturated heterocycles. The quantitative estimate of drug-likeness (QED) is 0.246. The molecule has 0 atom stereocenters. The number of pyridine rings is 1. The van der Waals surface area contributed by atoms with Gasteiger partial charge in [-0.2, -0.15) is 13.2 Å². The normalized spacial score (nSPS) is 10.9. The number of nitrogen functional groups attached to an aromatic ring is 1. The summed E-state index contributed by atoms with van der Waals surface area (Å²) in [6, 6.07) is 8.38. The van der Waals surface area contributed by atoms with E-state index < -0.39 is 52.4 Å². The van der Waals surface area contributed by atoms with Gasteiger partial charge in [0.15, 0.2) is 11.6 Å². The Kier molecular flexibility index (Phi) is 8.26. The predicted octanol–water partition coefficient (Wildman–Crippen LogP) is 6.10. The summed E-state index contributed by atoms with van der Waals surface area (Å²) >= 11 is 0. The number of anilines is 4. The smallest absolute Gasteiger partial charge is 0.451 e. The fourth-order valence-corrected chi connectivity index (χ4v) is 2.98. The van der Waals surface area contributed by atoms with E-state index in [0.29, 0.717) is 12.3 Å². The van der Waals surface area contributed by atoms with Crippen molar-refractivity contribution in [3.05, 3.63) is 89.8 Å². The molecule has 8 nitrogen and oxygen atoms in total. The average Bonchev–Trinajstić information content (AvgIpc) is 2.82. The maximum Gasteiger partial charge on any atom is 0.451 e. The molecule has 2 aromatic carbocycles. The van der Waals surface area contributed by atoms with E-state index in [-0.39, 0.29) is 35.4 Å². The summed E-state index contributed by atoms with van der Waals surface area (Å²) in [6.07, 6.45) is -3.06. The van der Waals surface area contributed by atoms with E-state index in [1.165, 1.54) is 30.5 Å². The third-order valence-corrected chi connectivity index (χ3v) is 4.64. The molecule has 198 valence electrons. The summed E-state index contributed by atoms with van der Waals surface area (Å²) in [5, 5.41) is 4.52. The highest BCUT2D eigenvalue weighted by Gasteiger charge is 2.36. The van der Waals surface area contributed by atoms with Crippen LogP contribution in [0.5, 0.6) is 11.5 Å². The Labute approximate surface area is 216 Å². The average molecular weight is 557 g/mol. The van der Waals surface area contributed by atoms with Crippen molar-refractivity contribution in [3.8, 4) is 11.5 Å². The number of hydrogen-bond donors (Lipinski definition) is 3. The number of carbonyl (C=O) groups is 1. The largest absolute Gasteiger partial charge is 0.454 e. The van der Waals surface area contributed by atoms with Gasteiger partial charge >= 0.3 is 6.18 Å². The molecule has 38 heavy (non-hydrogen) atoms. The van der Waals surface area contributed by atoms with Gasteiger partial charge in [0, 0.05) is 36.3 Å². The first-order valence-electron chi connectivity index (χ1n) is 10.2. The maximum atomic E-state index is 14.7. The number of alkyl halides is 3. The minimum Gasteiger partial charge on any atom is -0.454 e. The highest BCUT2D eigenvalue weighted by molar-refractivity contribution is 6.07. The summed E-state index contributed by atoms with van der Waals surface area (Å²) < 4.78 is 86.7. The summed E-state index contributed by atoms with van der Waals surface area (Å²) in [5.74, 6) is -6.22. The van der Waals surface area contributed by atoms with E-state index in [2.05, 4.69) is 25.6 Å². The Balaban J connectivity index is 0.00000400. The topological polar surface area (TPSA) is 115 Å². The Morgan fingerprint density at radius 3 is 2.37 bits per heavy atom. The minimum atomic E-state index is -4.97. The van der Waals surface area contributed by atoms with Gasteiger partial charge in [0.25, 0.3) is 5.91 Å². The Morgan fingerprint density at radius 1 is 0.947 bits per heavy atom. The van der Waals surface area contributed by atoms with E-state index in [0.717, 1.165) is 18.2 Å². The molecule has 1 amide bonds. The maximum absolute atomic E-state index is 14.7. The van der Waals surface area contributed by atoms with Gasteiger partial charge in [0.05, 0.1) is 5.69 Å². The van der Waals surface area contributed by atoms with Crippen molar-refractivity contribution in [2.24, 2.45) is 0 Å². The number of benzene rings is 2. The molecule has 4 N–H and O–H groups in total. The van der Waals surface area contributed by atoms with Crippen molar-refractivity contribution in [2.75, 3.05) is 16.4 Å². The summed E-state index contributed by atoms with van der Waals surface area (Å²) in [7, 11) is 0. The molecule has 0 aliphatic heterocycles. The lowest BCUT2D eigenvalue weighted by Gasteiger charge is -2.14. The summed E-state index contributed by atoms with van der Waals surface area (Å²) in [4.78, 5) is 22.9. The molecule has 0 aliphatic rings. The Hall–Kier alpha value is -4.59. The first-order chi connectivity index (χ1) is 17.5. The number of carbonyl (C=O) groups excluding carboxylic acids is 1. The van der Waals surface area contributed by atoms with Gasteiger partial charge in [-0.05, 0) is 30.3 Å². The first kappa shape index (κ1) is 28.0. The number of nitrogens with zero attached hydrogens (tertiary/aromatic N) is 3. The van der Waals surface area contributed by atoms with Gasteiger partial charge in [-0.25, -0.2) is 28.1 Å². The van der Waals surface area contributed by atoms with Crippen LogP contribution in [-0.2, 0) is 6.18 Å². The summed E-state index contributed by atoms with van der Waals surface area (Å²) in [5.41, 5.74) is 4.46. The second-order valence-corrected chi connectivity index (χ2v) is 7.32. The van der Waals surface area contributed by atoms with Crippen LogP contribution in [0.4, 0.5) is 49.4 Å². The number of ether oxygens (including phenoxy) is 1. The standard InChI is InChI=1S/C23H14F6N6O2.ClH/c24-11-1-3-17(15(25)7-11)34-21(36)14-10-32-22(23(27,28)29)35-20(14)33-12-2-4-18(16(26)8-12)37-13-5-6-31-19(30)9-13;/h1-10H,(H2,30,31)(H,34,36)(H,32,33,35);1H. The number of nitrogens with one attached hydrogen (secondary N) is 2. The Morgan fingerprint density at radius 2 is 1.71 bits per heavy atom. The van der Waals surface area contributed by atoms with E-state index in [1.54, 1.807) is 0 Å². The molecule has 0 bridgehead atoms. The van der Waals surface area contributed by atoms with Crippen molar-refractivity contribution >= 4 is 41.3 Å². The second-order valence-electron chi connectivity index (χ2n) is 7.32. The molecule has 0 saturated carbocycles. The van der Waals surface area contributed by atoms with Crippen LogP contribution in [0.25, 0.3) is 0 Å². The zero-order valence-corrected chi connectivity index (χ0v) is 19.5. The molecule has 0 spiro atoms. The SMILES string of the molecule is Cl.Nc1cc(Oc2ccc(Nc3nc(C(F)(F)F)ncc3C(=O)Nc3ccc(F)cc3F)cc2F)ccn1. The van der Waals surface area contributed by atoms with E-state index in [1.807, 2.05) is 0 Å². The van der Waals surface area contributed by atoms with Crippen LogP contribution in [0.1, 0.15) is 16.2 Å². The second kappa shape index (κ2) is 11.2. The molecule has 15 heteroatoms. The third kappa shape index (κ3) is 6.59. The van der Waals surface area contributed by atoms with Crippen LogP contribution in [0.2, 0.25) is 0 Å². The van der Waals surface area contributed by atoms with Gasteiger partial charge in [0.2, 0.25) is 5.82 Å². The lowest BCUT2D eigenvalue weighted by Crippen LogP contribution is -2.19. The first-order valence-corrected chi connectivity index (χ1v) is 10.2. The molecule has 0 unspecified atom stereocenters. The van der Waals surface area contributed by atoms with Crippen LogP contribution in [-0.4, -0.2) is 20.9 Å². The molecule has 2 heterocycles. The van der Waals surface area contributed by atoms with Crippen molar-refractivity contribution in [1.29, 1.82) is 0 Å². The zero-order valence-electron chi connectivity index (χ0n) is 18.7. The lowest BCUT2D eigenvalue weighted by atomic mass is 10.2. The highest BCUT2D eigenvalue weighted by atomic mass is 35.5. The minimum absolute atomic E-state index is 0. The predicted molar refractivity (Wildman–Crippen MR) is 127 cm³/mol. The van der Waals surface area contributed by atoms with Gasteiger partial charge in [-0.3, -0.25) is 4.79 Å². The molecular weight excluding hydrogens is 542 g/mol. The van der Waals surface area contributed by atoms with Gasteiger partial charge < -0.3 is 21.1 Å². The van der Waals surface area contributed by atoms with Crippen molar-refractivity contribution in [2.45, 2.75) is 6.18 Å². The van der Waals surface area contributed by atoms with E-state index in [4.69, 9.17) is 10.5 Å². The number of nitrogens with two attached hydrogens (primary N) is 1. The van der Waals surface area contributed by atoms with Crippen LogP contribution in [0.15, 0.2) is 60.9 Å². The van der Waals surface area contributed by atoms with Gasteiger partial charge in [-0.15, -0.1) is 12.4 Å². The van der Waals surface area contributed by atoms with E-state index >= 15 is 0 Å². The van der Waals surface area contributed by atoms with Crippen LogP contribution in [0, 0.1) is 17.5 Å². The monoisotopic (exact) mass is 556 g/mol. The summed E-state index contributed by atoms with van der Waals surface area (Å²) in [6.45, 7) is 0. The molecule has 0 radical (unpaired) electrons. The van der Waals surface area contributed by atoms with Crippen molar-refractivity contribution in [3.63, 3.8) is 0 Å². The lowest BCUT2D eigenvalue weighted by molar-refractivity contribution is -0.144. The van der Waals surface area contributed by atoms with Crippen molar-refractivity contribution < 1.29 is 35.9 Å². The van der Waals surface area contributed by atoms with Crippen molar-refractivity contribution in [1.82, 2.24) is 15.0 Å². The molecule has 0 aliphatic carbocycles. The molecule has 4 aromatic rings. The molecule has 0 fully saturated rings. The van der Waals surface area contributed by atoms with Crippen LogP contribution < -0.4 is 21.1 Å². The van der Waals surface area contributed by atoms with Gasteiger partial charge in [0.1, 0.15) is 34.6 Å². The fourth-order valence-electron chi connectivity index (χ4n) is 2.98. The fraction of sp³-hybridized carbons (Fsp3) is 0.0435. The van der Waals surface area contributed by atoms with Crippen LogP contribution >= 0.6 is 12.4 Å². The van der Waals surface area contributed by atoms with E-state index in [9.17, 15) is 31.1 Å².